The minimum atomic E-state index is -2.76. The third-order valence-electron chi connectivity index (χ3n) is 4.18. The third kappa shape index (κ3) is 4.01. The van der Waals surface area contributed by atoms with Gasteiger partial charge < -0.3 is 10.2 Å². The average molecular weight is 348 g/mol. The Morgan fingerprint density at radius 1 is 1.12 bits per heavy atom. The largest absolute Gasteiger partial charge is 0.349 e. The van der Waals surface area contributed by atoms with Gasteiger partial charge in [-0.05, 0) is 31.0 Å². The number of nitrogens with zero attached hydrogens (tertiary/aromatic N) is 3. The molecule has 0 aliphatic carbocycles. The first-order chi connectivity index (χ1) is 12.0. The second-order valence-corrected chi connectivity index (χ2v) is 5.86. The molecule has 6 nitrogen and oxygen atoms in total. The van der Waals surface area contributed by atoms with E-state index in [0.29, 0.717) is 36.2 Å². The fourth-order valence-electron chi connectivity index (χ4n) is 2.81. The molecule has 1 aromatic carbocycles. The number of likely N-dealkylation sites (tertiary alicyclic amines) is 1. The molecule has 1 aliphatic heterocycles. The number of piperidine rings is 1. The van der Waals surface area contributed by atoms with Gasteiger partial charge in [-0.15, -0.1) is 0 Å². The first-order valence-electron chi connectivity index (χ1n) is 8.03. The first kappa shape index (κ1) is 17.1. The summed E-state index contributed by atoms with van der Waals surface area (Å²) in [6, 6.07) is 10.2. The van der Waals surface area contributed by atoms with Crippen molar-refractivity contribution in [2.75, 3.05) is 13.1 Å². The number of carbonyl (C=O) groups is 2. The van der Waals surface area contributed by atoms with Crippen molar-refractivity contribution in [3.63, 3.8) is 0 Å². The number of carbonyl (C=O) groups excluding carboxylic acids is 2. The molecule has 2 amide bonds. The molecule has 1 aliphatic rings. The van der Waals surface area contributed by atoms with Crippen LogP contribution in [0, 0.1) is 0 Å². The van der Waals surface area contributed by atoms with E-state index in [1.807, 2.05) is 6.07 Å². The molecule has 0 bridgehead atoms. The number of nitrogens with one attached hydrogen (secondary N) is 1. The van der Waals surface area contributed by atoms with Gasteiger partial charge in [0.25, 0.3) is 11.8 Å². The van der Waals surface area contributed by atoms with E-state index in [-0.39, 0.29) is 23.6 Å². The van der Waals surface area contributed by atoms with Crippen molar-refractivity contribution < 1.29 is 18.4 Å². The van der Waals surface area contributed by atoms with Crippen LogP contribution >= 0.6 is 0 Å². The molecule has 0 radical (unpaired) electrons. The number of aromatic nitrogens is 2. The summed E-state index contributed by atoms with van der Waals surface area (Å²) in [6.07, 6.45) is 2.31. The smallest absolute Gasteiger partial charge is 0.333 e. The molecule has 2 heterocycles. The van der Waals surface area contributed by atoms with Gasteiger partial charge in [-0.3, -0.25) is 9.59 Å². The molecule has 0 unspecified atom stereocenters. The van der Waals surface area contributed by atoms with Gasteiger partial charge >= 0.3 is 6.55 Å². The average Bonchev–Trinajstić information content (AvgIpc) is 3.13. The molecule has 0 atom stereocenters. The predicted octanol–water partition coefficient (Wildman–Crippen LogP) is 2.31. The SMILES string of the molecule is O=C(NC1CCN(C(=O)c2ccn(C(F)F)n2)CC1)c1ccccc1. The summed E-state index contributed by atoms with van der Waals surface area (Å²) in [5, 5.41) is 6.56. The van der Waals surface area contributed by atoms with Gasteiger partial charge in [-0.25, -0.2) is 4.68 Å². The molecule has 3 rings (SSSR count). The monoisotopic (exact) mass is 348 g/mol. The minimum absolute atomic E-state index is 0.00655. The normalized spacial score (nSPS) is 15.4. The molecule has 2 aromatic rings. The highest BCUT2D eigenvalue weighted by atomic mass is 19.3. The Morgan fingerprint density at radius 2 is 1.80 bits per heavy atom. The van der Waals surface area contributed by atoms with Crippen LogP contribution in [0.4, 0.5) is 8.78 Å². The van der Waals surface area contributed by atoms with E-state index in [1.54, 1.807) is 29.2 Å². The first-order valence-corrected chi connectivity index (χ1v) is 8.03. The second kappa shape index (κ2) is 7.42. The second-order valence-electron chi connectivity index (χ2n) is 5.86. The number of hydrogen-bond donors (Lipinski definition) is 1. The predicted molar refractivity (Wildman–Crippen MR) is 86.3 cm³/mol. The van der Waals surface area contributed by atoms with E-state index in [4.69, 9.17) is 0 Å². The zero-order valence-corrected chi connectivity index (χ0v) is 13.4. The standard InChI is InChI=1S/C17H18F2N4O2/c18-17(19)23-11-8-14(21-23)16(25)22-9-6-13(7-10-22)20-15(24)12-4-2-1-3-5-12/h1-5,8,11,13,17H,6-7,9-10H2,(H,20,24). The quantitative estimate of drug-likeness (QED) is 0.922. The zero-order valence-electron chi connectivity index (χ0n) is 13.4. The summed E-state index contributed by atoms with van der Waals surface area (Å²) in [6.45, 7) is -1.87. The molecule has 1 fully saturated rings. The van der Waals surface area contributed by atoms with Crippen molar-refractivity contribution >= 4 is 11.8 Å². The maximum absolute atomic E-state index is 12.5. The molecule has 0 saturated carbocycles. The molecule has 1 aromatic heterocycles. The summed E-state index contributed by atoms with van der Waals surface area (Å²) in [7, 11) is 0. The summed E-state index contributed by atoms with van der Waals surface area (Å²) in [5.41, 5.74) is 0.602. The third-order valence-corrected chi connectivity index (χ3v) is 4.18. The van der Waals surface area contributed by atoms with Crippen LogP contribution in [0.3, 0.4) is 0 Å². The highest BCUT2D eigenvalue weighted by Gasteiger charge is 2.26. The van der Waals surface area contributed by atoms with Crippen molar-refractivity contribution in [2.24, 2.45) is 0 Å². The van der Waals surface area contributed by atoms with Crippen molar-refractivity contribution in [3.05, 3.63) is 53.9 Å². The molecule has 1 N–H and O–H groups in total. The highest BCUT2D eigenvalue weighted by Crippen LogP contribution is 2.15. The number of alkyl halides is 2. The fourth-order valence-corrected chi connectivity index (χ4v) is 2.81. The Hall–Kier alpha value is -2.77. The number of benzene rings is 1. The maximum atomic E-state index is 12.5. The van der Waals surface area contributed by atoms with E-state index in [2.05, 4.69) is 10.4 Å². The molecular weight excluding hydrogens is 330 g/mol. The lowest BCUT2D eigenvalue weighted by Gasteiger charge is -2.32. The van der Waals surface area contributed by atoms with Gasteiger partial charge in [-0.2, -0.15) is 13.9 Å². The molecule has 8 heteroatoms. The molecular formula is C17H18F2N4O2. The lowest BCUT2D eigenvalue weighted by Crippen LogP contribution is -2.46. The Bertz CT molecular complexity index is 740. The molecule has 132 valence electrons. The lowest BCUT2D eigenvalue weighted by atomic mass is 10.0. The number of rotatable bonds is 4. The minimum Gasteiger partial charge on any atom is -0.349 e. The van der Waals surface area contributed by atoms with Crippen LogP contribution in [0.1, 0.15) is 40.2 Å². The van der Waals surface area contributed by atoms with E-state index in [9.17, 15) is 18.4 Å². The number of halogens is 2. The van der Waals surface area contributed by atoms with Crippen molar-refractivity contribution in [1.82, 2.24) is 20.0 Å². The molecule has 1 saturated heterocycles. The van der Waals surface area contributed by atoms with E-state index in [1.165, 1.54) is 6.07 Å². The van der Waals surface area contributed by atoms with E-state index >= 15 is 0 Å². The summed E-state index contributed by atoms with van der Waals surface area (Å²) >= 11 is 0. The summed E-state index contributed by atoms with van der Waals surface area (Å²) in [4.78, 5) is 26.0. The molecule has 25 heavy (non-hydrogen) atoms. The van der Waals surface area contributed by atoms with Crippen LogP contribution < -0.4 is 5.32 Å². The Morgan fingerprint density at radius 3 is 2.40 bits per heavy atom. The van der Waals surface area contributed by atoms with E-state index in [0.717, 1.165) is 6.20 Å². The van der Waals surface area contributed by atoms with Crippen LogP contribution in [-0.4, -0.2) is 45.6 Å². The topological polar surface area (TPSA) is 67.2 Å². The van der Waals surface area contributed by atoms with Crippen molar-refractivity contribution in [2.45, 2.75) is 25.4 Å². The Labute approximate surface area is 143 Å². The zero-order chi connectivity index (χ0) is 17.8. The van der Waals surface area contributed by atoms with Crippen LogP contribution in [0.5, 0.6) is 0 Å². The van der Waals surface area contributed by atoms with Gasteiger partial charge in [0, 0.05) is 30.9 Å². The van der Waals surface area contributed by atoms with Crippen LogP contribution in [-0.2, 0) is 0 Å². The summed E-state index contributed by atoms with van der Waals surface area (Å²) in [5.74, 6) is -0.506. The van der Waals surface area contributed by atoms with Gasteiger partial charge in [0.2, 0.25) is 0 Å². The van der Waals surface area contributed by atoms with Gasteiger partial charge in [0.15, 0.2) is 5.69 Å². The van der Waals surface area contributed by atoms with Crippen LogP contribution in [0.15, 0.2) is 42.6 Å². The Balaban J connectivity index is 1.53. The van der Waals surface area contributed by atoms with Gasteiger partial charge in [0.05, 0.1) is 0 Å². The fraction of sp³-hybridized carbons (Fsp3) is 0.353. The van der Waals surface area contributed by atoms with Gasteiger partial charge in [0.1, 0.15) is 0 Å². The summed E-state index contributed by atoms with van der Waals surface area (Å²) < 4.78 is 25.5. The highest BCUT2D eigenvalue weighted by molar-refractivity contribution is 5.94. The number of hydrogen-bond acceptors (Lipinski definition) is 3. The van der Waals surface area contributed by atoms with E-state index < -0.39 is 6.55 Å². The van der Waals surface area contributed by atoms with Gasteiger partial charge in [-0.1, -0.05) is 18.2 Å². The van der Waals surface area contributed by atoms with Crippen LogP contribution in [0.2, 0.25) is 0 Å². The Kier molecular flexibility index (Phi) is 5.06. The number of amides is 2. The molecule has 0 spiro atoms. The van der Waals surface area contributed by atoms with Crippen LogP contribution in [0.25, 0.3) is 0 Å². The van der Waals surface area contributed by atoms with Crippen molar-refractivity contribution in [3.8, 4) is 0 Å². The van der Waals surface area contributed by atoms with Crippen molar-refractivity contribution in [1.29, 1.82) is 0 Å². The maximum Gasteiger partial charge on any atom is 0.333 e. The lowest BCUT2D eigenvalue weighted by molar-refractivity contribution is 0.0547.